The highest BCUT2D eigenvalue weighted by atomic mass is 127. The first-order chi connectivity index (χ1) is 8.49. The molecule has 0 bridgehead atoms. The summed E-state index contributed by atoms with van der Waals surface area (Å²) in [6, 6.07) is 0. The molecule has 1 N–H and O–H groups in total. The fourth-order valence-corrected chi connectivity index (χ4v) is 1.59. The molecule has 1 heterocycles. The summed E-state index contributed by atoms with van der Waals surface area (Å²) in [5.41, 5.74) is -1.87. The highest BCUT2D eigenvalue weighted by molar-refractivity contribution is 14.1. The zero-order chi connectivity index (χ0) is 14.8. The number of carbonyl (C=O) groups excluding carboxylic acids is 1. The monoisotopic (exact) mass is 389 g/mol. The number of hydrogen-bond donors (Lipinski definition) is 1. The third-order valence-electron chi connectivity index (χ3n) is 1.63. The molecule has 19 heavy (non-hydrogen) atoms. The van der Waals surface area contributed by atoms with E-state index in [-0.39, 0.29) is 3.57 Å². The molecule has 0 atom stereocenters. The maximum atomic E-state index is 12.6. The van der Waals surface area contributed by atoms with Crippen molar-refractivity contribution in [2.24, 2.45) is 0 Å². The second-order valence-corrected chi connectivity index (χ2v) is 5.68. The van der Waals surface area contributed by atoms with E-state index in [1.165, 1.54) is 22.6 Å². The zero-order valence-electron chi connectivity index (χ0n) is 10.3. The Bertz CT molecular complexity index is 486. The molecule has 1 rings (SSSR count). The van der Waals surface area contributed by atoms with E-state index in [0.717, 1.165) is 6.20 Å². The summed E-state index contributed by atoms with van der Waals surface area (Å²) in [6.07, 6.45) is -4.55. The van der Waals surface area contributed by atoms with Crippen molar-refractivity contribution in [3.05, 3.63) is 15.5 Å². The van der Waals surface area contributed by atoms with Crippen LogP contribution >= 0.6 is 22.6 Å². The van der Waals surface area contributed by atoms with E-state index in [1.54, 1.807) is 20.8 Å². The summed E-state index contributed by atoms with van der Waals surface area (Å²) in [6.45, 7) is 4.88. The lowest BCUT2D eigenvalue weighted by molar-refractivity contribution is -0.141. The standard InChI is InChI=1S/C10H11F3IN3O2/c1-9(2,3)19-8(18)17-7-15-4-5(14)6(16-7)10(11,12)13/h4H,1-3H3,(H,15,16,17,18). The minimum absolute atomic E-state index is 0.153. The highest BCUT2D eigenvalue weighted by Crippen LogP contribution is 2.31. The van der Waals surface area contributed by atoms with Crippen LogP contribution in [0.1, 0.15) is 26.5 Å². The Labute approximate surface area is 121 Å². The fraction of sp³-hybridized carbons (Fsp3) is 0.500. The van der Waals surface area contributed by atoms with Crippen molar-refractivity contribution in [3.8, 4) is 0 Å². The van der Waals surface area contributed by atoms with Crippen LogP contribution in [0.25, 0.3) is 0 Å². The van der Waals surface area contributed by atoms with Crippen LogP contribution in [0.3, 0.4) is 0 Å². The van der Waals surface area contributed by atoms with Gasteiger partial charge < -0.3 is 4.74 Å². The van der Waals surface area contributed by atoms with Gasteiger partial charge in [-0.05, 0) is 43.4 Å². The molecule has 5 nitrogen and oxygen atoms in total. The van der Waals surface area contributed by atoms with Gasteiger partial charge in [0, 0.05) is 6.20 Å². The Kier molecular flexibility index (Phi) is 4.59. The maximum Gasteiger partial charge on any atom is 0.434 e. The van der Waals surface area contributed by atoms with Gasteiger partial charge in [0.25, 0.3) is 0 Å². The summed E-state index contributed by atoms with van der Waals surface area (Å²) in [5.74, 6) is -0.456. The SMILES string of the molecule is CC(C)(C)OC(=O)Nc1ncc(I)c(C(F)(F)F)n1. The largest absolute Gasteiger partial charge is 0.444 e. The first-order valence-corrected chi connectivity index (χ1v) is 6.16. The van der Waals surface area contributed by atoms with Crippen molar-refractivity contribution in [1.82, 2.24) is 9.97 Å². The Morgan fingerprint density at radius 1 is 1.37 bits per heavy atom. The van der Waals surface area contributed by atoms with E-state index in [9.17, 15) is 18.0 Å². The van der Waals surface area contributed by atoms with Crippen LogP contribution in [0.4, 0.5) is 23.9 Å². The molecule has 0 spiro atoms. The number of amides is 1. The topological polar surface area (TPSA) is 64.1 Å². The van der Waals surface area contributed by atoms with Crippen LogP contribution in [-0.4, -0.2) is 21.7 Å². The Balaban J connectivity index is 2.89. The molecule has 0 aliphatic rings. The summed E-state index contributed by atoms with van der Waals surface area (Å²) in [4.78, 5) is 18.2. The van der Waals surface area contributed by atoms with Crippen molar-refractivity contribution in [3.63, 3.8) is 0 Å². The van der Waals surface area contributed by atoms with Gasteiger partial charge >= 0.3 is 12.3 Å². The molecular formula is C10H11F3IN3O2. The minimum Gasteiger partial charge on any atom is -0.444 e. The van der Waals surface area contributed by atoms with Crippen molar-refractivity contribution in [2.45, 2.75) is 32.5 Å². The number of nitrogens with zero attached hydrogens (tertiary/aromatic N) is 2. The number of carbonyl (C=O) groups is 1. The molecule has 106 valence electrons. The van der Waals surface area contributed by atoms with Gasteiger partial charge in [-0.2, -0.15) is 13.2 Å². The summed E-state index contributed by atoms with van der Waals surface area (Å²) < 4.78 is 42.5. The highest BCUT2D eigenvalue weighted by Gasteiger charge is 2.35. The molecule has 0 saturated carbocycles. The first kappa shape index (κ1) is 15.9. The summed E-state index contributed by atoms with van der Waals surface area (Å²) >= 11 is 1.47. The molecule has 0 fully saturated rings. The van der Waals surface area contributed by atoms with E-state index in [0.29, 0.717) is 0 Å². The lowest BCUT2D eigenvalue weighted by Gasteiger charge is -2.19. The van der Waals surface area contributed by atoms with E-state index < -0.39 is 29.5 Å². The van der Waals surface area contributed by atoms with Gasteiger partial charge in [-0.1, -0.05) is 0 Å². The number of alkyl halides is 3. The van der Waals surface area contributed by atoms with Gasteiger partial charge in [-0.3, -0.25) is 5.32 Å². The lowest BCUT2D eigenvalue weighted by atomic mass is 10.2. The number of hydrogen-bond acceptors (Lipinski definition) is 4. The minimum atomic E-state index is -4.61. The molecule has 0 unspecified atom stereocenters. The number of ether oxygens (including phenoxy) is 1. The molecule has 0 aliphatic carbocycles. The van der Waals surface area contributed by atoms with E-state index >= 15 is 0 Å². The Morgan fingerprint density at radius 3 is 2.42 bits per heavy atom. The van der Waals surface area contributed by atoms with Crippen LogP contribution in [-0.2, 0) is 10.9 Å². The number of anilines is 1. The maximum absolute atomic E-state index is 12.6. The van der Waals surface area contributed by atoms with Gasteiger partial charge in [-0.15, -0.1) is 0 Å². The molecule has 1 aromatic rings. The third kappa shape index (κ3) is 5.17. The fourth-order valence-electron chi connectivity index (χ4n) is 1.02. The molecule has 1 amide bonds. The second kappa shape index (κ2) is 5.47. The predicted octanol–water partition coefficient (Wildman–Crippen LogP) is 3.45. The van der Waals surface area contributed by atoms with Gasteiger partial charge in [0.15, 0.2) is 5.69 Å². The number of halogens is 4. The Morgan fingerprint density at radius 2 is 1.95 bits per heavy atom. The number of rotatable bonds is 1. The molecule has 0 saturated heterocycles. The first-order valence-electron chi connectivity index (χ1n) is 5.09. The molecular weight excluding hydrogens is 378 g/mol. The van der Waals surface area contributed by atoms with Crippen LogP contribution < -0.4 is 5.32 Å². The van der Waals surface area contributed by atoms with Crippen molar-refractivity contribution < 1.29 is 22.7 Å². The molecule has 1 aromatic heterocycles. The third-order valence-corrected chi connectivity index (χ3v) is 2.41. The van der Waals surface area contributed by atoms with Gasteiger partial charge in [0.05, 0.1) is 3.57 Å². The Hall–Kier alpha value is -1.13. The molecule has 0 radical (unpaired) electrons. The number of nitrogens with one attached hydrogen (secondary N) is 1. The normalized spacial score (nSPS) is 12.2. The zero-order valence-corrected chi connectivity index (χ0v) is 12.5. The van der Waals surface area contributed by atoms with Crippen molar-refractivity contribution in [2.75, 3.05) is 5.32 Å². The lowest BCUT2D eigenvalue weighted by Crippen LogP contribution is -2.28. The second-order valence-electron chi connectivity index (χ2n) is 4.51. The molecule has 0 aliphatic heterocycles. The number of aromatic nitrogens is 2. The van der Waals surface area contributed by atoms with E-state index in [1.807, 2.05) is 0 Å². The smallest absolute Gasteiger partial charge is 0.434 e. The quantitative estimate of drug-likeness (QED) is 0.748. The summed E-state index contributed by atoms with van der Waals surface area (Å²) in [5, 5.41) is 2.05. The average Bonchev–Trinajstić information content (AvgIpc) is 2.16. The van der Waals surface area contributed by atoms with E-state index in [4.69, 9.17) is 4.74 Å². The predicted molar refractivity (Wildman–Crippen MR) is 69.6 cm³/mol. The van der Waals surface area contributed by atoms with E-state index in [2.05, 4.69) is 15.3 Å². The average molecular weight is 389 g/mol. The van der Waals surface area contributed by atoms with Gasteiger partial charge in [0.1, 0.15) is 5.60 Å². The van der Waals surface area contributed by atoms with Crippen LogP contribution in [0.5, 0.6) is 0 Å². The van der Waals surface area contributed by atoms with Gasteiger partial charge in [-0.25, -0.2) is 14.8 Å². The van der Waals surface area contributed by atoms with Crippen molar-refractivity contribution in [1.29, 1.82) is 0 Å². The van der Waals surface area contributed by atoms with Crippen LogP contribution in [0.2, 0.25) is 0 Å². The molecule has 9 heteroatoms. The van der Waals surface area contributed by atoms with Crippen LogP contribution in [0, 0.1) is 3.57 Å². The summed E-state index contributed by atoms with van der Waals surface area (Å²) in [7, 11) is 0. The van der Waals surface area contributed by atoms with Crippen LogP contribution in [0.15, 0.2) is 6.20 Å². The van der Waals surface area contributed by atoms with Gasteiger partial charge in [0.2, 0.25) is 5.95 Å². The van der Waals surface area contributed by atoms with Crippen molar-refractivity contribution >= 4 is 34.6 Å². The molecule has 0 aromatic carbocycles.